The van der Waals surface area contributed by atoms with Gasteiger partial charge in [0.05, 0.1) is 19.8 Å². The zero-order valence-electron chi connectivity index (χ0n) is 17.2. The molecule has 0 aliphatic carbocycles. The SMILES string of the molecule is CCCCCCCCCCCC/C=C/CCO[C@@H]1CO[C@@H](CO)[C@H](O)[C@H]1O. The first-order chi connectivity index (χ1) is 13.2. The standard InChI is InChI=1S/C22H42O5/c1-2-3-4-5-6-7-8-9-10-11-12-13-14-15-16-26-20-18-27-19(17-23)21(24)22(20)25/h13-14,19-25H,2-12,15-18H2,1H3/b14-13+/t19-,20+,21-,22-/m0/s1. The van der Waals surface area contributed by atoms with Crippen molar-refractivity contribution in [3.8, 4) is 0 Å². The summed E-state index contributed by atoms with van der Waals surface area (Å²) in [6, 6.07) is 0. The maximum Gasteiger partial charge on any atom is 0.111 e. The highest BCUT2D eigenvalue weighted by Crippen LogP contribution is 2.18. The monoisotopic (exact) mass is 386 g/mol. The van der Waals surface area contributed by atoms with Crippen LogP contribution in [0.15, 0.2) is 12.2 Å². The molecule has 1 aliphatic rings. The number of aliphatic hydroxyl groups is 3. The highest BCUT2D eigenvalue weighted by molar-refractivity contribution is 4.88. The third-order valence-corrected chi connectivity index (χ3v) is 5.27. The van der Waals surface area contributed by atoms with Crippen LogP contribution in [0.1, 0.15) is 84.0 Å². The molecule has 4 atom stereocenters. The minimum atomic E-state index is -1.10. The molecule has 0 bridgehead atoms. The molecule has 160 valence electrons. The number of allylic oxidation sites excluding steroid dienone is 1. The van der Waals surface area contributed by atoms with Gasteiger partial charge in [0.1, 0.15) is 24.4 Å². The maximum absolute atomic E-state index is 9.97. The number of ether oxygens (including phenoxy) is 2. The first kappa shape index (κ1) is 24.6. The molecule has 0 unspecified atom stereocenters. The Balaban J connectivity index is 1.90. The quantitative estimate of drug-likeness (QED) is 0.278. The van der Waals surface area contributed by atoms with Gasteiger partial charge in [-0.15, -0.1) is 0 Å². The maximum atomic E-state index is 9.97. The van der Waals surface area contributed by atoms with Crippen molar-refractivity contribution in [2.75, 3.05) is 19.8 Å². The van der Waals surface area contributed by atoms with Gasteiger partial charge in [0.15, 0.2) is 0 Å². The van der Waals surface area contributed by atoms with Crippen molar-refractivity contribution in [1.82, 2.24) is 0 Å². The predicted octanol–water partition coefficient (Wildman–Crippen LogP) is 3.74. The minimum Gasteiger partial charge on any atom is -0.394 e. The molecule has 0 spiro atoms. The molecule has 1 fully saturated rings. The van der Waals surface area contributed by atoms with E-state index in [1.54, 1.807) is 0 Å². The highest BCUT2D eigenvalue weighted by Gasteiger charge is 2.38. The van der Waals surface area contributed by atoms with E-state index < -0.39 is 24.4 Å². The lowest BCUT2D eigenvalue weighted by atomic mass is 10.0. The van der Waals surface area contributed by atoms with Gasteiger partial charge in [-0.2, -0.15) is 0 Å². The Morgan fingerprint density at radius 2 is 1.44 bits per heavy atom. The van der Waals surface area contributed by atoms with Gasteiger partial charge in [0, 0.05) is 0 Å². The third kappa shape index (κ3) is 11.2. The average Bonchev–Trinajstić information content (AvgIpc) is 2.68. The topological polar surface area (TPSA) is 79.2 Å². The van der Waals surface area contributed by atoms with Crippen molar-refractivity contribution >= 4 is 0 Å². The zero-order valence-corrected chi connectivity index (χ0v) is 17.2. The van der Waals surface area contributed by atoms with Gasteiger partial charge in [-0.05, 0) is 19.3 Å². The van der Waals surface area contributed by atoms with Gasteiger partial charge in [0.2, 0.25) is 0 Å². The van der Waals surface area contributed by atoms with E-state index in [-0.39, 0.29) is 13.2 Å². The Morgan fingerprint density at radius 1 is 0.852 bits per heavy atom. The Labute approximate surface area is 165 Å². The van der Waals surface area contributed by atoms with Gasteiger partial charge in [-0.3, -0.25) is 0 Å². The van der Waals surface area contributed by atoms with Crippen LogP contribution >= 0.6 is 0 Å². The number of aliphatic hydroxyl groups excluding tert-OH is 3. The van der Waals surface area contributed by atoms with E-state index in [1.807, 2.05) is 0 Å². The van der Waals surface area contributed by atoms with Crippen LogP contribution in [0.25, 0.3) is 0 Å². The summed E-state index contributed by atoms with van der Waals surface area (Å²) in [6.07, 6.45) is 16.5. The summed E-state index contributed by atoms with van der Waals surface area (Å²) in [5.41, 5.74) is 0. The van der Waals surface area contributed by atoms with Gasteiger partial charge >= 0.3 is 0 Å². The van der Waals surface area contributed by atoms with Crippen LogP contribution in [0.2, 0.25) is 0 Å². The number of unbranched alkanes of at least 4 members (excludes halogenated alkanes) is 10. The highest BCUT2D eigenvalue weighted by atomic mass is 16.6. The van der Waals surface area contributed by atoms with E-state index in [9.17, 15) is 10.2 Å². The van der Waals surface area contributed by atoms with Crippen molar-refractivity contribution in [1.29, 1.82) is 0 Å². The van der Waals surface area contributed by atoms with Gasteiger partial charge in [-0.1, -0.05) is 76.9 Å². The lowest BCUT2D eigenvalue weighted by molar-refractivity contribution is -0.208. The molecule has 0 aromatic heterocycles. The second-order valence-corrected chi connectivity index (χ2v) is 7.68. The molecule has 5 heteroatoms. The molecule has 3 N–H and O–H groups in total. The summed E-state index contributed by atoms with van der Waals surface area (Å²) in [6.45, 7) is 2.66. The molecular formula is C22H42O5. The molecule has 1 rings (SSSR count). The van der Waals surface area contributed by atoms with Crippen LogP contribution in [0.4, 0.5) is 0 Å². The molecule has 1 heterocycles. The molecule has 0 amide bonds. The Morgan fingerprint density at radius 3 is 2.07 bits per heavy atom. The Hall–Kier alpha value is -0.460. The van der Waals surface area contributed by atoms with Crippen molar-refractivity contribution in [2.24, 2.45) is 0 Å². The van der Waals surface area contributed by atoms with Crippen LogP contribution in [0.5, 0.6) is 0 Å². The molecule has 1 aliphatic heterocycles. The fourth-order valence-corrected chi connectivity index (χ4v) is 3.44. The number of hydrogen-bond acceptors (Lipinski definition) is 5. The summed E-state index contributed by atoms with van der Waals surface area (Å²) in [7, 11) is 0. The third-order valence-electron chi connectivity index (χ3n) is 5.27. The molecular weight excluding hydrogens is 344 g/mol. The first-order valence-electron chi connectivity index (χ1n) is 11.1. The smallest absolute Gasteiger partial charge is 0.111 e. The second-order valence-electron chi connectivity index (χ2n) is 7.68. The van der Waals surface area contributed by atoms with Crippen molar-refractivity contribution in [3.63, 3.8) is 0 Å². The van der Waals surface area contributed by atoms with Crippen molar-refractivity contribution < 1.29 is 24.8 Å². The van der Waals surface area contributed by atoms with Gasteiger partial charge in [0.25, 0.3) is 0 Å². The average molecular weight is 387 g/mol. The minimum absolute atomic E-state index is 0.200. The first-order valence-corrected chi connectivity index (χ1v) is 11.1. The Bertz CT molecular complexity index is 361. The van der Waals surface area contributed by atoms with E-state index in [2.05, 4.69) is 19.1 Å². The largest absolute Gasteiger partial charge is 0.394 e. The van der Waals surface area contributed by atoms with E-state index in [0.29, 0.717) is 6.61 Å². The van der Waals surface area contributed by atoms with Gasteiger partial charge in [-0.25, -0.2) is 0 Å². The number of rotatable bonds is 16. The van der Waals surface area contributed by atoms with E-state index >= 15 is 0 Å². The van der Waals surface area contributed by atoms with E-state index in [4.69, 9.17) is 14.6 Å². The number of hydrogen-bond donors (Lipinski definition) is 3. The summed E-state index contributed by atoms with van der Waals surface area (Å²) < 4.78 is 10.9. The fraction of sp³-hybridized carbons (Fsp3) is 0.909. The van der Waals surface area contributed by atoms with E-state index in [0.717, 1.165) is 12.8 Å². The lowest BCUT2D eigenvalue weighted by Gasteiger charge is -2.36. The molecule has 0 saturated carbocycles. The van der Waals surface area contributed by atoms with Crippen LogP contribution in [-0.4, -0.2) is 59.6 Å². The fourth-order valence-electron chi connectivity index (χ4n) is 3.44. The predicted molar refractivity (Wildman–Crippen MR) is 109 cm³/mol. The molecule has 27 heavy (non-hydrogen) atoms. The summed E-state index contributed by atoms with van der Waals surface area (Å²) >= 11 is 0. The normalized spacial score (nSPS) is 26.1. The molecule has 5 nitrogen and oxygen atoms in total. The van der Waals surface area contributed by atoms with Crippen LogP contribution in [0, 0.1) is 0 Å². The molecule has 0 aromatic rings. The van der Waals surface area contributed by atoms with Crippen LogP contribution in [0.3, 0.4) is 0 Å². The second kappa shape index (κ2) is 16.5. The van der Waals surface area contributed by atoms with Crippen molar-refractivity contribution in [3.05, 3.63) is 12.2 Å². The lowest BCUT2D eigenvalue weighted by Crippen LogP contribution is -2.55. The van der Waals surface area contributed by atoms with E-state index in [1.165, 1.54) is 64.2 Å². The molecule has 1 saturated heterocycles. The molecule has 0 aromatic carbocycles. The van der Waals surface area contributed by atoms with Gasteiger partial charge < -0.3 is 24.8 Å². The Kier molecular flexibility index (Phi) is 15.0. The van der Waals surface area contributed by atoms with Crippen LogP contribution < -0.4 is 0 Å². The summed E-state index contributed by atoms with van der Waals surface area (Å²) in [5, 5.41) is 28.8. The molecule has 0 radical (unpaired) electrons. The van der Waals surface area contributed by atoms with Crippen LogP contribution in [-0.2, 0) is 9.47 Å². The summed E-state index contributed by atoms with van der Waals surface area (Å²) in [4.78, 5) is 0. The zero-order chi connectivity index (χ0) is 19.7. The van der Waals surface area contributed by atoms with Crippen molar-refractivity contribution in [2.45, 2.75) is 108 Å². The summed E-state index contributed by atoms with van der Waals surface area (Å²) in [5.74, 6) is 0.